The summed E-state index contributed by atoms with van der Waals surface area (Å²) in [6.45, 7) is 0. The molecule has 0 spiro atoms. The third-order valence-electron chi connectivity index (χ3n) is 5.99. The number of rotatable bonds is 3. The summed E-state index contributed by atoms with van der Waals surface area (Å²) in [6, 6.07) is 3.70. The first-order valence-electron chi connectivity index (χ1n) is 9.49. The average Bonchev–Trinajstić information content (AvgIpc) is 3.14. The van der Waals surface area contributed by atoms with Crippen molar-refractivity contribution in [3.63, 3.8) is 0 Å². The minimum atomic E-state index is -0.922. The average molecular weight is 380 g/mol. The predicted molar refractivity (Wildman–Crippen MR) is 104 cm³/mol. The maximum absolute atomic E-state index is 14.8. The molecule has 2 fully saturated rings. The normalized spacial score (nSPS) is 26.5. The molecule has 1 aromatic carbocycles. The number of fused-ring (bicyclic) bond motifs is 3. The van der Waals surface area contributed by atoms with Crippen LogP contribution in [0.1, 0.15) is 19.3 Å². The van der Waals surface area contributed by atoms with Gasteiger partial charge in [0.1, 0.15) is 24.1 Å². The minimum absolute atomic E-state index is 0.0600. The highest BCUT2D eigenvalue weighted by Crippen LogP contribution is 2.35. The lowest BCUT2D eigenvalue weighted by Crippen LogP contribution is -2.55. The summed E-state index contributed by atoms with van der Waals surface area (Å²) >= 11 is 0. The lowest BCUT2D eigenvalue weighted by atomic mass is 9.96. The monoisotopic (exact) mass is 380 g/mol. The number of hydrogen-bond donors (Lipinski definition) is 2. The first kappa shape index (κ1) is 17.2. The van der Waals surface area contributed by atoms with E-state index in [9.17, 15) is 9.50 Å². The summed E-state index contributed by atoms with van der Waals surface area (Å²) < 4.78 is 14.8. The van der Waals surface area contributed by atoms with Crippen molar-refractivity contribution in [2.45, 2.75) is 43.6 Å². The van der Waals surface area contributed by atoms with Crippen LogP contribution in [0.5, 0.6) is 5.75 Å². The third-order valence-corrected chi connectivity index (χ3v) is 5.99. The zero-order valence-electron chi connectivity index (χ0n) is 15.5. The van der Waals surface area contributed by atoms with Crippen molar-refractivity contribution in [2.75, 3.05) is 11.9 Å². The number of hydrogen-bond acceptors (Lipinski definition) is 7. The number of nitrogens with zero attached hydrogens (tertiary/aromatic N) is 5. The fourth-order valence-corrected chi connectivity index (χ4v) is 4.41. The van der Waals surface area contributed by atoms with Gasteiger partial charge < -0.3 is 15.3 Å². The van der Waals surface area contributed by atoms with Crippen LogP contribution >= 0.6 is 0 Å². The van der Waals surface area contributed by atoms with Gasteiger partial charge in [-0.2, -0.15) is 0 Å². The topological polar surface area (TPSA) is 87.1 Å². The van der Waals surface area contributed by atoms with Crippen LogP contribution in [-0.2, 0) is 0 Å². The van der Waals surface area contributed by atoms with Gasteiger partial charge in [0.2, 0.25) is 0 Å². The number of halogens is 1. The van der Waals surface area contributed by atoms with E-state index in [2.05, 4.69) is 25.3 Å². The number of alkyl halides is 1. The van der Waals surface area contributed by atoms with Gasteiger partial charge in [-0.3, -0.25) is 4.98 Å². The van der Waals surface area contributed by atoms with E-state index in [1.165, 1.54) is 6.33 Å². The molecule has 144 valence electrons. The molecule has 0 aliphatic carbocycles. The highest BCUT2D eigenvalue weighted by atomic mass is 19.1. The Bertz CT molecular complexity index is 1010. The molecule has 2 aliphatic rings. The quantitative estimate of drug-likeness (QED) is 0.722. The molecule has 2 N–H and O–H groups in total. The molecule has 0 radical (unpaired) electrons. The number of benzene rings is 1. The van der Waals surface area contributed by atoms with E-state index in [0.29, 0.717) is 34.0 Å². The van der Waals surface area contributed by atoms with Crippen molar-refractivity contribution in [1.82, 2.24) is 25.3 Å². The third kappa shape index (κ3) is 2.75. The molecule has 5 rings (SSSR count). The van der Waals surface area contributed by atoms with E-state index in [1.807, 2.05) is 18.0 Å². The summed E-state index contributed by atoms with van der Waals surface area (Å²) in [5, 5.41) is 14.5. The van der Waals surface area contributed by atoms with Gasteiger partial charge in [-0.05, 0) is 31.4 Å². The molecule has 0 amide bonds. The minimum Gasteiger partial charge on any atom is -0.506 e. The number of piperidine rings is 1. The first-order chi connectivity index (χ1) is 13.6. The van der Waals surface area contributed by atoms with Crippen LogP contribution < -0.4 is 10.2 Å². The first-order valence-corrected chi connectivity index (χ1v) is 9.49. The lowest BCUT2D eigenvalue weighted by molar-refractivity contribution is 0.176. The van der Waals surface area contributed by atoms with Gasteiger partial charge in [0.05, 0.1) is 35.0 Å². The maximum Gasteiger partial charge on any atom is 0.147 e. The van der Waals surface area contributed by atoms with Crippen LogP contribution in [0.15, 0.2) is 37.1 Å². The van der Waals surface area contributed by atoms with E-state index < -0.39 is 6.17 Å². The Balaban J connectivity index is 1.42. The number of nitrogens with one attached hydrogen (secondary N) is 1. The molecule has 0 saturated carbocycles. The molecule has 8 heteroatoms. The molecule has 28 heavy (non-hydrogen) atoms. The summed E-state index contributed by atoms with van der Waals surface area (Å²) in [5.74, 6) is 0.702. The number of phenols is 1. The largest absolute Gasteiger partial charge is 0.506 e. The molecule has 3 aromatic rings. The van der Waals surface area contributed by atoms with E-state index in [4.69, 9.17) is 0 Å². The van der Waals surface area contributed by atoms with Gasteiger partial charge in [0.15, 0.2) is 0 Å². The number of aromatic nitrogens is 4. The highest BCUT2D eigenvalue weighted by Gasteiger charge is 2.43. The Morgan fingerprint density at radius 2 is 2.04 bits per heavy atom. The fourth-order valence-electron chi connectivity index (χ4n) is 4.41. The fraction of sp³-hybridized carbons (Fsp3) is 0.400. The summed E-state index contributed by atoms with van der Waals surface area (Å²) in [5.41, 5.74) is 1.77. The second-order valence-corrected chi connectivity index (χ2v) is 7.58. The molecule has 2 unspecified atom stereocenters. The molecular formula is C20H21FN6O. The van der Waals surface area contributed by atoms with E-state index in [1.54, 1.807) is 24.7 Å². The van der Waals surface area contributed by atoms with Crippen LogP contribution in [0.3, 0.4) is 0 Å². The Kier molecular flexibility index (Phi) is 4.08. The van der Waals surface area contributed by atoms with E-state index in [0.717, 1.165) is 19.3 Å². The van der Waals surface area contributed by atoms with E-state index in [-0.39, 0.29) is 17.8 Å². The predicted octanol–water partition coefficient (Wildman–Crippen LogP) is 2.46. The maximum atomic E-state index is 14.8. The Labute approximate surface area is 161 Å². The van der Waals surface area contributed by atoms with Crippen molar-refractivity contribution in [3.8, 4) is 17.0 Å². The highest BCUT2D eigenvalue weighted by molar-refractivity contribution is 5.91. The Morgan fingerprint density at radius 1 is 1.14 bits per heavy atom. The summed E-state index contributed by atoms with van der Waals surface area (Å²) in [4.78, 5) is 19.0. The number of phenolic OH excluding ortho intramolecular Hbond substituents is 1. The standard InChI is InChI=1S/C20H21FN6O/c1-27(17-6-11-2-4-15(26-11)19(17)21)18-9-23-16(8-24-18)12-3-5-14-13(20(12)28)7-22-10-25-14/h3,5,7-11,15,17,19,26,28H,2,4,6H2,1H3/t11?,15?,17-,19+/m1/s1. The SMILES string of the molecule is CN(c1cnc(-c2ccc3ncncc3c2O)cn1)[C@@H]1CC2CCC(N2)[C@@H]1F. The van der Waals surface area contributed by atoms with Crippen molar-refractivity contribution < 1.29 is 9.50 Å². The van der Waals surface area contributed by atoms with Crippen LogP contribution in [0.25, 0.3) is 22.2 Å². The summed E-state index contributed by atoms with van der Waals surface area (Å²) in [6.07, 6.45) is 8.03. The van der Waals surface area contributed by atoms with Crippen molar-refractivity contribution >= 4 is 16.7 Å². The van der Waals surface area contributed by atoms with Crippen molar-refractivity contribution in [2.24, 2.45) is 0 Å². The van der Waals surface area contributed by atoms with Crippen LogP contribution in [0, 0.1) is 0 Å². The number of anilines is 1. The smallest absolute Gasteiger partial charge is 0.147 e. The molecular weight excluding hydrogens is 359 g/mol. The van der Waals surface area contributed by atoms with Crippen LogP contribution in [0.2, 0.25) is 0 Å². The van der Waals surface area contributed by atoms with Gasteiger partial charge in [-0.1, -0.05) is 0 Å². The van der Waals surface area contributed by atoms with Gasteiger partial charge in [-0.25, -0.2) is 19.3 Å². The van der Waals surface area contributed by atoms with Gasteiger partial charge in [0, 0.05) is 30.9 Å². The molecule has 4 atom stereocenters. The second kappa shape index (κ2) is 6.63. The Hall–Kier alpha value is -2.87. The van der Waals surface area contributed by atoms with Crippen molar-refractivity contribution in [1.29, 1.82) is 0 Å². The lowest BCUT2D eigenvalue weighted by Gasteiger charge is -2.38. The molecule has 2 aromatic heterocycles. The number of aromatic hydroxyl groups is 1. The molecule has 4 heterocycles. The van der Waals surface area contributed by atoms with Crippen LogP contribution in [0.4, 0.5) is 10.2 Å². The molecule has 7 nitrogen and oxygen atoms in total. The van der Waals surface area contributed by atoms with Gasteiger partial charge >= 0.3 is 0 Å². The van der Waals surface area contributed by atoms with Gasteiger partial charge in [0.25, 0.3) is 0 Å². The zero-order chi connectivity index (χ0) is 19.3. The summed E-state index contributed by atoms with van der Waals surface area (Å²) in [7, 11) is 1.87. The van der Waals surface area contributed by atoms with Gasteiger partial charge in [-0.15, -0.1) is 0 Å². The molecule has 2 saturated heterocycles. The molecule has 2 aliphatic heterocycles. The molecule has 2 bridgehead atoms. The Morgan fingerprint density at radius 3 is 2.86 bits per heavy atom. The van der Waals surface area contributed by atoms with Crippen molar-refractivity contribution in [3.05, 3.63) is 37.1 Å². The zero-order valence-corrected chi connectivity index (χ0v) is 15.5. The van der Waals surface area contributed by atoms with E-state index >= 15 is 0 Å². The van der Waals surface area contributed by atoms with Crippen LogP contribution in [-0.4, -0.2) is 56.4 Å². The second-order valence-electron chi connectivity index (χ2n) is 7.58.